The molecule has 0 aliphatic carbocycles. The topological polar surface area (TPSA) is 0 Å². The Balaban J connectivity index is 3.15. The van der Waals surface area contributed by atoms with Crippen molar-refractivity contribution < 1.29 is 0 Å². The smallest absolute Gasteiger partial charge is 0.0131 e. The summed E-state index contributed by atoms with van der Waals surface area (Å²) in [6.45, 7) is 0. The zero-order valence-corrected chi connectivity index (χ0v) is 11.2. The highest BCUT2D eigenvalue weighted by Gasteiger charge is 2.20. The van der Waals surface area contributed by atoms with Crippen molar-refractivity contribution in [1.29, 1.82) is 0 Å². The van der Waals surface area contributed by atoms with E-state index in [-0.39, 0.29) is 0 Å². The first-order chi connectivity index (χ1) is 5.26. The minimum Gasteiger partial charge on any atom is -0.272 e. The average Bonchev–Trinajstić information content (AvgIpc) is 1.84. The minimum atomic E-state index is -1.52. The Morgan fingerprint density at radius 3 is 1.67 bits per heavy atom. The highest BCUT2D eigenvalue weighted by atomic mass is 127. The van der Waals surface area contributed by atoms with Crippen LogP contribution in [-0.2, 0) is 0 Å². The fourth-order valence-electron chi connectivity index (χ4n) is 1.04. The third-order valence-electron chi connectivity index (χ3n) is 1.86. The molecule has 0 atom stereocenters. The standard InChI is InChI=1S/C10H17IS/c1-12(2,3,4)10-7-5-9(11)6-8-10/h5-8,12H,1-4H3. The second-order valence-electron chi connectivity index (χ2n) is 5.05. The van der Waals surface area contributed by atoms with Crippen LogP contribution in [0, 0.1) is 3.57 Å². The Morgan fingerprint density at radius 1 is 0.917 bits per heavy atom. The van der Waals surface area contributed by atoms with Gasteiger partial charge in [-0.1, -0.05) is 12.1 Å². The van der Waals surface area contributed by atoms with Crippen LogP contribution in [-0.4, -0.2) is 25.0 Å². The molecule has 0 amide bonds. The van der Waals surface area contributed by atoms with Crippen LogP contribution in [0.1, 0.15) is 0 Å². The summed E-state index contributed by atoms with van der Waals surface area (Å²) in [5.74, 6) is 0. The maximum Gasteiger partial charge on any atom is 0.0131 e. The number of hydrogen-bond acceptors (Lipinski definition) is 0. The van der Waals surface area contributed by atoms with Gasteiger partial charge in [0.1, 0.15) is 0 Å². The van der Waals surface area contributed by atoms with Gasteiger partial charge in [0.15, 0.2) is 0 Å². The number of thiol groups is 1. The fourth-order valence-corrected chi connectivity index (χ4v) is 2.74. The Hall–Kier alpha value is 0.300. The van der Waals surface area contributed by atoms with Crippen molar-refractivity contribution in [3.05, 3.63) is 27.8 Å². The summed E-state index contributed by atoms with van der Waals surface area (Å²) in [7, 11) is -1.52. The lowest BCUT2D eigenvalue weighted by atomic mass is 10.4. The van der Waals surface area contributed by atoms with Gasteiger partial charge in [-0.3, -0.25) is 9.16 Å². The van der Waals surface area contributed by atoms with Gasteiger partial charge < -0.3 is 0 Å². The quantitative estimate of drug-likeness (QED) is 0.597. The molecular weight excluding hydrogens is 279 g/mol. The lowest BCUT2D eigenvalue weighted by Gasteiger charge is -2.47. The van der Waals surface area contributed by atoms with Gasteiger partial charge in [0, 0.05) is 3.57 Å². The van der Waals surface area contributed by atoms with Gasteiger partial charge >= 0.3 is 0 Å². The minimum absolute atomic E-state index is 1.32. The highest BCUT2D eigenvalue weighted by Crippen LogP contribution is 2.63. The van der Waals surface area contributed by atoms with Gasteiger partial charge in [-0.2, -0.15) is 0 Å². The van der Waals surface area contributed by atoms with Crippen molar-refractivity contribution in [3.63, 3.8) is 0 Å². The fraction of sp³-hybridized carbons (Fsp3) is 0.400. The Bertz CT molecular complexity index is 270. The van der Waals surface area contributed by atoms with Crippen LogP contribution in [0.25, 0.3) is 0 Å². The first-order valence-corrected chi connectivity index (χ1v) is 9.13. The van der Waals surface area contributed by atoms with Crippen molar-refractivity contribution in [3.8, 4) is 0 Å². The molecule has 12 heavy (non-hydrogen) atoms. The second-order valence-corrected chi connectivity index (χ2v) is 14.0. The molecule has 1 aromatic carbocycles. The Morgan fingerprint density at radius 2 is 1.33 bits per heavy atom. The Labute approximate surface area is 89.2 Å². The summed E-state index contributed by atoms with van der Waals surface area (Å²) in [5, 5.41) is 0. The molecule has 0 spiro atoms. The molecule has 70 valence electrons. The number of rotatable bonds is 1. The number of halogens is 1. The van der Waals surface area contributed by atoms with Crippen LogP contribution in [0.15, 0.2) is 29.2 Å². The SMILES string of the molecule is C[SH](C)(C)(C)c1ccc(I)cc1. The van der Waals surface area contributed by atoms with Crippen molar-refractivity contribution in [2.24, 2.45) is 0 Å². The van der Waals surface area contributed by atoms with Crippen LogP contribution >= 0.6 is 31.8 Å². The zero-order chi connectivity index (χ0) is 9.43. The maximum atomic E-state index is 2.38. The van der Waals surface area contributed by atoms with Crippen molar-refractivity contribution in [1.82, 2.24) is 0 Å². The molecule has 0 radical (unpaired) electrons. The third-order valence-corrected chi connectivity index (χ3v) is 4.94. The molecule has 0 saturated carbocycles. The molecule has 0 saturated heterocycles. The highest BCUT2D eigenvalue weighted by molar-refractivity contribution is 14.1. The molecule has 0 N–H and O–H groups in total. The molecule has 0 aliphatic heterocycles. The molecule has 0 aliphatic rings. The van der Waals surface area contributed by atoms with E-state index in [1.54, 1.807) is 0 Å². The summed E-state index contributed by atoms with van der Waals surface area (Å²) in [4.78, 5) is 1.52. The lowest BCUT2D eigenvalue weighted by Crippen LogP contribution is -2.10. The van der Waals surface area contributed by atoms with E-state index in [0.717, 1.165) is 0 Å². The number of benzene rings is 1. The molecule has 0 bridgehead atoms. The summed E-state index contributed by atoms with van der Waals surface area (Å²) in [6.07, 6.45) is 9.53. The van der Waals surface area contributed by atoms with E-state index in [1.165, 1.54) is 8.47 Å². The summed E-state index contributed by atoms with van der Waals surface area (Å²) < 4.78 is 1.32. The predicted octanol–water partition coefficient (Wildman–Crippen LogP) is 3.24. The van der Waals surface area contributed by atoms with Crippen molar-refractivity contribution in [2.45, 2.75) is 4.90 Å². The number of hydrogen-bond donors (Lipinski definition) is 1. The lowest BCUT2D eigenvalue weighted by molar-refractivity contribution is 1.39. The molecule has 0 heterocycles. The zero-order valence-electron chi connectivity index (χ0n) is 8.13. The van der Waals surface area contributed by atoms with Crippen LogP contribution in [0.2, 0.25) is 0 Å². The molecule has 0 fully saturated rings. The van der Waals surface area contributed by atoms with Crippen LogP contribution < -0.4 is 0 Å². The van der Waals surface area contributed by atoms with Crippen LogP contribution in [0.5, 0.6) is 0 Å². The van der Waals surface area contributed by atoms with Gasteiger partial charge in [0.05, 0.1) is 0 Å². The third kappa shape index (κ3) is 2.66. The van der Waals surface area contributed by atoms with Crippen LogP contribution in [0.4, 0.5) is 0 Å². The summed E-state index contributed by atoms with van der Waals surface area (Å²) >= 11 is 2.34. The monoisotopic (exact) mass is 296 g/mol. The van der Waals surface area contributed by atoms with Gasteiger partial charge in [-0.25, -0.2) is 0 Å². The van der Waals surface area contributed by atoms with E-state index < -0.39 is 9.16 Å². The first-order valence-electron chi connectivity index (χ1n) is 4.02. The summed E-state index contributed by atoms with van der Waals surface area (Å²) in [6, 6.07) is 8.91. The molecule has 1 rings (SSSR count). The van der Waals surface area contributed by atoms with E-state index >= 15 is 0 Å². The average molecular weight is 296 g/mol. The Kier molecular flexibility index (Phi) is 2.52. The molecule has 0 nitrogen and oxygen atoms in total. The maximum absolute atomic E-state index is 2.38. The van der Waals surface area contributed by atoms with Crippen molar-refractivity contribution in [2.75, 3.05) is 25.0 Å². The largest absolute Gasteiger partial charge is 0.272 e. The van der Waals surface area contributed by atoms with Crippen LogP contribution in [0.3, 0.4) is 0 Å². The summed E-state index contributed by atoms with van der Waals surface area (Å²) in [5.41, 5.74) is 0. The van der Waals surface area contributed by atoms with E-state index in [4.69, 9.17) is 0 Å². The molecular formula is C10H17IS. The molecule has 0 aromatic heterocycles. The van der Waals surface area contributed by atoms with Gasteiger partial charge in [0.2, 0.25) is 0 Å². The molecule has 1 aromatic rings. The second kappa shape index (κ2) is 2.91. The van der Waals surface area contributed by atoms with E-state index in [2.05, 4.69) is 71.9 Å². The van der Waals surface area contributed by atoms with E-state index in [0.29, 0.717) is 0 Å². The normalized spacial score (nSPS) is 15.2. The van der Waals surface area contributed by atoms with E-state index in [9.17, 15) is 0 Å². The van der Waals surface area contributed by atoms with Gasteiger partial charge in [-0.05, 0) is 64.6 Å². The van der Waals surface area contributed by atoms with Gasteiger partial charge in [0.25, 0.3) is 0 Å². The first kappa shape index (κ1) is 10.4. The molecule has 0 unspecified atom stereocenters. The molecule has 2 heteroatoms. The predicted molar refractivity (Wildman–Crippen MR) is 70.1 cm³/mol. The van der Waals surface area contributed by atoms with Crippen molar-refractivity contribution >= 4 is 31.8 Å². The van der Waals surface area contributed by atoms with Gasteiger partial charge in [-0.15, -0.1) is 0 Å². The van der Waals surface area contributed by atoms with E-state index in [1.807, 2.05) is 0 Å².